The zero-order valence-electron chi connectivity index (χ0n) is 12.4. The second kappa shape index (κ2) is 7.08. The number of nitrogens with zero attached hydrogens (tertiary/aromatic N) is 3. The van der Waals surface area contributed by atoms with Crippen LogP contribution in [0.3, 0.4) is 0 Å². The normalized spacial score (nSPS) is 10.5. The third-order valence-electron chi connectivity index (χ3n) is 2.85. The molecule has 7 nitrogen and oxygen atoms in total. The summed E-state index contributed by atoms with van der Waals surface area (Å²) in [5.74, 6) is -0.245. The molecule has 2 rings (SSSR count). The number of nitro groups is 1. The Morgan fingerprint density at radius 2 is 1.52 bits per heavy atom. The zero-order chi connectivity index (χ0) is 16.8. The highest BCUT2D eigenvalue weighted by atomic mass is 16.6. The third kappa shape index (κ3) is 4.57. The highest BCUT2D eigenvalue weighted by molar-refractivity contribution is 6.02. The number of anilines is 1. The molecule has 7 heteroatoms. The maximum atomic E-state index is 11.5. The molecule has 1 N–H and O–H groups in total. The summed E-state index contributed by atoms with van der Waals surface area (Å²) in [6.45, 7) is 5.19. The number of carbonyl (C=O) groups excluding carboxylic acids is 1. The highest BCUT2D eigenvalue weighted by Gasteiger charge is 2.04. The van der Waals surface area contributed by atoms with Gasteiger partial charge in [0, 0.05) is 23.4 Å². The molecule has 0 bridgehead atoms. The summed E-state index contributed by atoms with van der Waals surface area (Å²) in [5.41, 5.74) is 2.16. The van der Waals surface area contributed by atoms with Gasteiger partial charge in [0.25, 0.3) is 11.6 Å². The minimum absolute atomic E-state index is 0.00144. The predicted molar refractivity (Wildman–Crippen MR) is 87.2 cm³/mol. The van der Waals surface area contributed by atoms with E-state index in [-0.39, 0.29) is 11.6 Å². The van der Waals surface area contributed by atoms with E-state index in [1.807, 2.05) is 0 Å². The fraction of sp³-hybridized carbons (Fsp3) is 0.0625. The monoisotopic (exact) mass is 310 g/mol. The molecule has 2 aromatic rings. The van der Waals surface area contributed by atoms with Gasteiger partial charge in [-0.3, -0.25) is 14.9 Å². The molecular weight excluding hydrogens is 296 g/mol. The number of carbonyl (C=O) groups is 1. The van der Waals surface area contributed by atoms with Crippen molar-refractivity contribution < 1.29 is 9.72 Å². The van der Waals surface area contributed by atoms with Crippen LogP contribution in [0.4, 0.5) is 22.7 Å². The number of non-ortho nitro benzene ring substituents is 1. The molecule has 1 amide bonds. The molecule has 0 aromatic heterocycles. The van der Waals surface area contributed by atoms with Crippen molar-refractivity contribution in [3.8, 4) is 0 Å². The van der Waals surface area contributed by atoms with Gasteiger partial charge in [-0.05, 0) is 43.3 Å². The topological polar surface area (TPSA) is 97.0 Å². The summed E-state index contributed by atoms with van der Waals surface area (Å²) in [7, 11) is 0. The largest absolute Gasteiger partial charge is 0.322 e. The van der Waals surface area contributed by atoms with E-state index in [2.05, 4.69) is 22.1 Å². The Labute approximate surface area is 132 Å². The lowest BCUT2D eigenvalue weighted by Gasteiger charge is -2.04. The van der Waals surface area contributed by atoms with Crippen molar-refractivity contribution in [2.75, 3.05) is 5.32 Å². The Morgan fingerprint density at radius 1 is 1.04 bits per heavy atom. The highest BCUT2D eigenvalue weighted by Crippen LogP contribution is 2.22. The minimum atomic E-state index is -0.473. The Kier molecular flexibility index (Phi) is 4.93. The summed E-state index contributed by atoms with van der Waals surface area (Å²) in [6.07, 6.45) is 0. The summed E-state index contributed by atoms with van der Waals surface area (Å²) < 4.78 is 0. The van der Waals surface area contributed by atoms with E-state index in [1.165, 1.54) is 24.3 Å². The lowest BCUT2D eigenvalue weighted by Crippen LogP contribution is -2.11. The second-order valence-corrected chi connectivity index (χ2v) is 4.75. The van der Waals surface area contributed by atoms with Gasteiger partial charge in [-0.25, -0.2) is 0 Å². The number of benzene rings is 2. The van der Waals surface area contributed by atoms with Crippen LogP contribution in [-0.2, 0) is 4.79 Å². The number of hydrogen-bond acceptors (Lipinski definition) is 5. The molecule has 116 valence electrons. The first-order valence-corrected chi connectivity index (χ1v) is 6.69. The van der Waals surface area contributed by atoms with Gasteiger partial charge in [0.2, 0.25) is 0 Å². The van der Waals surface area contributed by atoms with E-state index in [9.17, 15) is 14.9 Å². The van der Waals surface area contributed by atoms with Crippen LogP contribution in [0.25, 0.3) is 0 Å². The van der Waals surface area contributed by atoms with Gasteiger partial charge in [0.1, 0.15) is 0 Å². The fourth-order valence-corrected chi connectivity index (χ4v) is 1.61. The number of hydrogen-bond donors (Lipinski definition) is 1. The maximum Gasteiger partial charge on any atom is 0.269 e. The molecule has 0 spiro atoms. The first kappa shape index (κ1) is 16.0. The molecular formula is C16H14N4O3. The molecule has 0 aliphatic carbocycles. The van der Waals surface area contributed by atoms with Crippen LogP contribution >= 0.6 is 0 Å². The van der Waals surface area contributed by atoms with E-state index in [0.29, 0.717) is 22.6 Å². The summed E-state index contributed by atoms with van der Waals surface area (Å²) >= 11 is 0. The van der Waals surface area contributed by atoms with Crippen LogP contribution in [0.5, 0.6) is 0 Å². The predicted octanol–water partition coefficient (Wildman–Crippen LogP) is 4.52. The second-order valence-electron chi connectivity index (χ2n) is 4.75. The molecule has 0 aliphatic rings. The molecule has 0 atom stereocenters. The standard InChI is InChI=1S/C16H14N4O3/c1-11(2)16(21)17-12-3-5-13(6-4-12)18-19-14-7-9-15(10-8-14)20(22)23/h3-10H,1H2,2H3,(H,17,21)/b19-18+. The van der Waals surface area contributed by atoms with E-state index < -0.39 is 4.92 Å². The first-order chi connectivity index (χ1) is 11.0. The molecule has 0 radical (unpaired) electrons. The Hall–Kier alpha value is -3.35. The smallest absolute Gasteiger partial charge is 0.269 e. The van der Waals surface area contributed by atoms with E-state index >= 15 is 0 Å². The van der Waals surface area contributed by atoms with Gasteiger partial charge in [-0.15, -0.1) is 0 Å². The van der Waals surface area contributed by atoms with E-state index in [0.717, 1.165) is 0 Å². The Bertz CT molecular complexity index is 765. The van der Waals surface area contributed by atoms with Gasteiger partial charge in [-0.2, -0.15) is 10.2 Å². The quantitative estimate of drug-likeness (QED) is 0.380. The van der Waals surface area contributed by atoms with Gasteiger partial charge in [-0.1, -0.05) is 6.58 Å². The number of nitrogens with one attached hydrogen (secondary N) is 1. The maximum absolute atomic E-state index is 11.5. The van der Waals surface area contributed by atoms with E-state index in [1.54, 1.807) is 31.2 Å². The van der Waals surface area contributed by atoms with Crippen molar-refractivity contribution in [1.82, 2.24) is 0 Å². The molecule has 0 saturated heterocycles. The molecule has 23 heavy (non-hydrogen) atoms. The summed E-state index contributed by atoms with van der Waals surface area (Å²) in [6, 6.07) is 12.6. The average Bonchev–Trinajstić information content (AvgIpc) is 2.54. The molecule has 0 fully saturated rings. The van der Waals surface area contributed by atoms with Crippen LogP contribution in [0.1, 0.15) is 6.92 Å². The fourth-order valence-electron chi connectivity index (χ4n) is 1.61. The van der Waals surface area contributed by atoms with Crippen molar-refractivity contribution >= 4 is 28.7 Å². The molecule has 0 heterocycles. The van der Waals surface area contributed by atoms with Crippen LogP contribution in [-0.4, -0.2) is 10.8 Å². The van der Waals surface area contributed by atoms with Crippen molar-refractivity contribution in [1.29, 1.82) is 0 Å². The Morgan fingerprint density at radius 3 is 1.96 bits per heavy atom. The zero-order valence-corrected chi connectivity index (χ0v) is 12.4. The van der Waals surface area contributed by atoms with Gasteiger partial charge < -0.3 is 5.32 Å². The number of azo groups is 1. The lowest BCUT2D eigenvalue weighted by atomic mass is 10.2. The summed E-state index contributed by atoms with van der Waals surface area (Å²) in [4.78, 5) is 21.6. The molecule has 0 unspecified atom stereocenters. The SMILES string of the molecule is C=C(C)C(=O)Nc1ccc(/N=N/c2ccc([N+](=O)[O-])cc2)cc1. The first-order valence-electron chi connectivity index (χ1n) is 6.69. The summed E-state index contributed by atoms with van der Waals surface area (Å²) in [5, 5.41) is 21.3. The Balaban J connectivity index is 2.04. The van der Waals surface area contributed by atoms with Crippen molar-refractivity contribution in [2.45, 2.75) is 6.92 Å². The van der Waals surface area contributed by atoms with Crippen LogP contribution < -0.4 is 5.32 Å². The number of amides is 1. The average molecular weight is 310 g/mol. The molecule has 0 saturated carbocycles. The molecule has 0 aliphatic heterocycles. The van der Waals surface area contributed by atoms with Crippen molar-refractivity contribution in [2.24, 2.45) is 10.2 Å². The number of rotatable bonds is 5. The van der Waals surface area contributed by atoms with Crippen molar-refractivity contribution in [3.05, 3.63) is 70.8 Å². The van der Waals surface area contributed by atoms with Gasteiger partial charge in [0.15, 0.2) is 0 Å². The molecule has 2 aromatic carbocycles. The third-order valence-corrected chi connectivity index (χ3v) is 2.85. The van der Waals surface area contributed by atoms with Gasteiger partial charge in [0.05, 0.1) is 16.3 Å². The van der Waals surface area contributed by atoms with Crippen LogP contribution in [0.2, 0.25) is 0 Å². The van der Waals surface area contributed by atoms with Crippen LogP contribution in [0.15, 0.2) is 70.9 Å². The van der Waals surface area contributed by atoms with Gasteiger partial charge >= 0.3 is 0 Å². The number of nitro benzene ring substituents is 1. The minimum Gasteiger partial charge on any atom is -0.322 e. The van der Waals surface area contributed by atoms with Crippen LogP contribution in [0, 0.1) is 10.1 Å². The van der Waals surface area contributed by atoms with E-state index in [4.69, 9.17) is 0 Å². The lowest BCUT2D eigenvalue weighted by molar-refractivity contribution is -0.384. The van der Waals surface area contributed by atoms with Crippen molar-refractivity contribution in [3.63, 3.8) is 0 Å².